The van der Waals surface area contributed by atoms with Gasteiger partial charge >= 0.3 is 0 Å². The van der Waals surface area contributed by atoms with Gasteiger partial charge in [0.2, 0.25) is 17.7 Å². The van der Waals surface area contributed by atoms with Gasteiger partial charge in [0, 0.05) is 18.4 Å². The molecule has 0 fully saturated rings. The van der Waals surface area contributed by atoms with Gasteiger partial charge in [0.05, 0.1) is 6.54 Å². The topological polar surface area (TPSA) is 77.2 Å². The van der Waals surface area contributed by atoms with Crippen LogP contribution in [0.2, 0.25) is 0 Å². The summed E-state index contributed by atoms with van der Waals surface area (Å²) in [6.07, 6.45) is 0.696. The summed E-state index contributed by atoms with van der Waals surface area (Å²) < 4.78 is 11.3. The van der Waals surface area contributed by atoms with Gasteiger partial charge in [0.1, 0.15) is 12.4 Å². The predicted molar refractivity (Wildman–Crippen MR) is 107 cm³/mol. The van der Waals surface area contributed by atoms with Crippen molar-refractivity contribution < 1.29 is 13.9 Å². The average molecular weight is 379 g/mol. The van der Waals surface area contributed by atoms with Gasteiger partial charge in [0.25, 0.3) is 0 Å². The standard InChI is InChI=1S/C22H25N3O3/c1-15-4-7-18(8-5-15)22-25-24-21(28-22)11-10-20(26)23-12-13-27-19-9-6-16(2)14-17(19)3/h4-9,14H,10-13H2,1-3H3,(H,23,26). The zero-order valence-electron chi connectivity index (χ0n) is 16.5. The Hall–Kier alpha value is -3.15. The fourth-order valence-electron chi connectivity index (χ4n) is 2.79. The molecule has 0 aliphatic rings. The molecule has 1 heterocycles. The number of carbonyl (C=O) groups is 1. The van der Waals surface area contributed by atoms with Crippen molar-refractivity contribution in [3.8, 4) is 17.2 Å². The van der Waals surface area contributed by atoms with E-state index in [1.807, 2.05) is 57.2 Å². The molecular formula is C22H25N3O3. The molecule has 0 spiro atoms. The minimum absolute atomic E-state index is 0.0701. The summed E-state index contributed by atoms with van der Waals surface area (Å²) in [6, 6.07) is 13.9. The van der Waals surface area contributed by atoms with E-state index < -0.39 is 0 Å². The SMILES string of the molecule is Cc1ccc(-c2nnc(CCC(=O)NCCOc3ccc(C)cc3C)o2)cc1. The molecule has 0 aliphatic carbocycles. The Balaban J connectivity index is 1.39. The van der Waals surface area contributed by atoms with E-state index in [-0.39, 0.29) is 5.91 Å². The lowest BCUT2D eigenvalue weighted by Crippen LogP contribution is -2.28. The van der Waals surface area contributed by atoms with Crippen LogP contribution in [0.1, 0.15) is 29.0 Å². The van der Waals surface area contributed by atoms with Crippen LogP contribution < -0.4 is 10.1 Å². The van der Waals surface area contributed by atoms with Crippen molar-refractivity contribution >= 4 is 5.91 Å². The van der Waals surface area contributed by atoms with Crippen LogP contribution in [0.3, 0.4) is 0 Å². The van der Waals surface area contributed by atoms with Crippen LogP contribution >= 0.6 is 0 Å². The number of carbonyl (C=O) groups excluding carboxylic acids is 1. The van der Waals surface area contributed by atoms with Gasteiger partial charge in [-0.1, -0.05) is 35.4 Å². The fraction of sp³-hybridized carbons (Fsp3) is 0.318. The molecule has 3 rings (SSSR count). The summed E-state index contributed by atoms with van der Waals surface area (Å²) in [5, 5.41) is 10.9. The Morgan fingerprint density at radius 3 is 2.54 bits per heavy atom. The van der Waals surface area contributed by atoms with Crippen LogP contribution in [0.4, 0.5) is 0 Å². The first-order valence-electron chi connectivity index (χ1n) is 9.37. The lowest BCUT2D eigenvalue weighted by molar-refractivity contribution is -0.121. The third-order valence-corrected chi connectivity index (χ3v) is 4.34. The highest BCUT2D eigenvalue weighted by Gasteiger charge is 2.10. The van der Waals surface area contributed by atoms with E-state index in [1.165, 1.54) is 11.1 Å². The van der Waals surface area contributed by atoms with E-state index in [2.05, 4.69) is 21.6 Å². The first-order chi connectivity index (χ1) is 13.5. The second-order valence-corrected chi connectivity index (χ2v) is 6.83. The predicted octanol–water partition coefficient (Wildman–Crippen LogP) is 3.79. The number of nitrogens with one attached hydrogen (secondary N) is 1. The molecule has 28 heavy (non-hydrogen) atoms. The largest absolute Gasteiger partial charge is 0.491 e. The van der Waals surface area contributed by atoms with Gasteiger partial charge in [-0.05, 0) is 44.5 Å². The highest BCUT2D eigenvalue weighted by molar-refractivity contribution is 5.76. The number of hydrogen-bond donors (Lipinski definition) is 1. The van der Waals surface area contributed by atoms with Crippen molar-refractivity contribution in [1.29, 1.82) is 0 Å². The second-order valence-electron chi connectivity index (χ2n) is 6.83. The Kier molecular flexibility index (Phi) is 6.42. The summed E-state index contributed by atoms with van der Waals surface area (Å²) in [5.74, 6) is 1.70. The number of nitrogens with zero attached hydrogens (tertiary/aromatic N) is 2. The molecule has 6 heteroatoms. The van der Waals surface area contributed by atoms with Gasteiger partial charge in [-0.3, -0.25) is 4.79 Å². The molecular weight excluding hydrogens is 354 g/mol. The number of amides is 1. The maximum absolute atomic E-state index is 12.0. The quantitative estimate of drug-likeness (QED) is 0.603. The molecule has 3 aromatic rings. The van der Waals surface area contributed by atoms with Gasteiger partial charge in [-0.25, -0.2) is 0 Å². The maximum Gasteiger partial charge on any atom is 0.247 e. The van der Waals surface area contributed by atoms with Gasteiger partial charge < -0.3 is 14.5 Å². The molecule has 1 amide bonds. The second kappa shape index (κ2) is 9.17. The number of aryl methyl sites for hydroxylation is 4. The molecule has 6 nitrogen and oxygen atoms in total. The monoisotopic (exact) mass is 379 g/mol. The van der Waals surface area contributed by atoms with Crippen LogP contribution in [-0.2, 0) is 11.2 Å². The van der Waals surface area contributed by atoms with E-state index in [1.54, 1.807) is 0 Å². The molecule has 0 radical (unpaired) electrons. The van der Waals surface area contributed by atoms with E-state index >= 15 is 0 Å². The molecule has 0 saturated carbocycles. The van der Waals surface area contributed by atoms with Crippen molar-refractivity contribution in [1.82, 2.24) is 15.5 Å². The number of hydrogen-bond acceptors (Lipinski definition) is 5. The Morgan fingerprint density at radius 1 is 1.04 bits per heavy atom. The average Bonchev–Trinajstić information content (AvgIpc) is 3.14. The van der Waals surface area contributed by atoms with Crippen LogP contribution in [0.25, 0.3) is 11.5 Å². The van der Waals surface area contributed by atoms with Crippen molar-refractivity contribution in [3.05, 3.63) is 65.0 Å². The van der Waals surface area contributed by atoms with Crippen molar-refractivity contribution in [2.24, 2.45) is 0 Å². The number of ether oxygens (including phenoxy) is 1. The smallest absolute Gasteiger partial charge is 0.247 e. The summed E-state index contributed by atoms with van der Waals surface area (Å²) >= 11 is 0. The fourth-order valence-corrected chi connectivity index (χ4v) is 2.79. The van der Waals surface area contributed by atoms with Crippen molar-refractivity contribution in [2.45, 2.75) is 33.6 Å². The first-order valence-corrected chi connectivity index (χ1v) is 9.37. The van der Waals surface area contributed by atoms with Crippen LogP contribution in [0.5, 0.6) is 5.75 Å². The van der Waals surface area contributed by atoms with Crippen molar-refractivity contribution in [3.63, 3.8) is 0 Å². The molecule has 146 valence electrons. The summed E-state index contributed by atoms with van der Waals surface area (Å²) in [6.45, 7) is 6.95. The number of aromatic nitrogens is 2. The lowest BCUT2D eigenvalue weighted by atomic mass is 10.1. The summed E-state index contributed by atoms with van der Waals surface area (Å²) in [7, 11) is 0. The van der Waals surface area contributed by atoms with Crippen molar-refractivity contribution in [2.75, 3.05) is 13.2 Å². The van der Waals surface area contributed by atoms with Crippen LogP contribution in [-0.4, -0.2) is 29.3 Å². The first kappa shape index (κ1) is 19.6. The van der Waals surface area contributed by atoms with Gasteiger partial charge in [-0.2, -0.15) is 0 Å². The Morgan fingerprint density at radius 2 is 1.79 bits per heavy atom. The van der Waals surface area contributed by atoms with Crippen LogP contribution in [0.15, 0.2) is 46.9 Å². The molecule has 2 aromatic carbocycles. The van der Waals surface area contributed by atoms with E-state index in [0.717, 1.165) is 16.9 Å². The van der Waals surface area contributed by atoms with E-state index in [9.17, 15) is 4.79 Å². The number of rotatable bonds is 8. The molecule has 0 unspecified atom stereocenters. The normalized spacial score (nSPS) is 10.7. The Bertz CT molecular complexity index is 932. The molecule has 0 bridgehead atoms. The third kappa shape index (κ3) is 5.42. The molecule has 1 N–H and O–H groups in total. The number of benzene rings is 2. The van der Waals surface area contributed by atoms with Gasteiger partial charge in [0.15, 0.2) is 0 Å². The van der Waals surface area contributed by atoms with E-state index in [0.29, 0.717) is 37.8 Å². The zero-order valence-corrected chi connectivity index (χ0v) is 16.5. The molecule has 1 aromatic heterocycles. The third-order valence-electron chi connectivity index (χ3n) is 4.34. The minimum Gasteiger partial charge on any atom is -0.491 e. The highest BCUT2D eigenvalue weighted by Crippen LogP contribution is 2.19. The minimum atomic E-state index is -0.0701. The molecule has 0 aliphatic heterocycles. The van der Waals surface area contributed by atoms with Gasteiger partial charge in [-0.15, -0.1) is 10.2 Å². The molecule has 0 saturated heterocycles. The summed E-state index contributed by atoms with van der Waals surface area (Å²) in [5.41, 5.74) is 4.33. The molecule has 0 atom stereocenters. The lowest BCUT2D eigenvalue weighted by Gasteiger charge is -2.10. The van der Waals surface area contributed by atoms with E-state index in [4.69, 9.17) is 9.15 Å². The highest BCUT2D eigenvalue weighted by atomic mass is 16.5. The Labute approximate surface area is 164 Å². The maximum atomic E-state index is 12.0. The van der Waals surface area contributed by atoms with Crippen LogP contribution in [0, 0.1) is 20.8 Å². The summed E-state index contributed by atoms with van der Waals surface area (Å²) in [4.78, 5) is 12.0. The zero-order chi connectivity index (χ0) is 19.9.